The summed E-state index contributed by atoms with van der Waals surface area (Å²) >= 11 is 0. The molecule has 0 aromatic heterocycles. The van der Waals surface area contributed by atoms with Gasteiger partial charge in [-0.25, -0.2) is 0 Å². The van der Waals surface area contributed by atoms with Crippen molar-refractivity contribution < 1.29 is 49.3 Å². The van der Waals surface area contributed by atoms with Gasteiger partial charge in [-0.05, 0) is 31.4 Å². The Morgan fingerprint density at radius 3 is 2.31 bits per heavy atom. The number of aryl methyl sites for hydroxylation is 1. The number of hydrogen-bond donors (Lipinski definition) is 2. The summed E-state index contributed by atoms with van der Waals surface area (Å²) in [5.41, 5.74) is 2.52. The van der Waals surface area contributed by atoms with E-state index in [1.54, 1.807) is 0 Å². The Morgan fingerprint density at radius 1 is 1.12 bits per heavy atom. The zero-order valence-corrected chi connectivity index (χ0v) is 18.7. The molecule has 1 rings (SSSR count). The van der Waals surface area contributed by atoms with Crippen molar-refractivity contribution in [3.05, 3.63) is 35.4 Å². The van der Waals surface area contributed by atoms with Crippen LogP contribution in [0.4, 0.5) is 0 Å². The number of unbranched alkanes of at least 4 members (excludes halogenated alkanes) is 6. The van der Waals surface area contributed by atoms with Crippen LogP contribution in [0.15, 0.2) is 24.3 Å². The van der Waals surface area contributed by atoms with Gasteiger partial charge in [0.05, 0.1) is 6.61 Å². The van der Waals surface area contributed by atoms with E-state index in [1.807, 2.05) is 13.0 Å². The van der Waals surface area contributed by atoms with E-state index in [-0.39, 0.29) is 36.2 Å². The van der Waals surface area contributed by atoms with Crippen LogP contribution in [0.5, 0.6) is 5.75 Å². The van der Waals surface area contributed by atoms with Crippen LogP contribution in [-0.2, 0) is 11.2 Å². The van der Waals surface area contributed by atoms with E-state index in [2.05, 4.69) is 31.2 Å². The Kier molecular flexibility index (Phi) is 21.6. The molecule has 0 spiro atoms. The molecule has 0 saturated heterocycles. The van der Waals surface area contributed by atoms with Crippen LogP contribution < -0.4 is 34.3 Å². The predicted molar refractivity (Wildman–Crippen MR) is 104 cm³/mol. The monoisotopic (exact) mass is 372 g/mol. The minimum absolute atomic E-state index is 0. The van der Waals surface area contributed by atoms with E-state index < -0.39 is 0 Å². The van der Waals surface area contributed by atoms with Crippen LogP contribution in [0.25, 0.3) is 6.08 Å². The zero-order chi connectivity index (χ0) is 18.8. The van der Waals surface area contributed by atoms with E-state index in [4.69, 9.17) is 19.7 Å². The molecule has 142 valence electrons. The summed E-state index contributed by atoms with van der Waals surface area (Å²) in [5, 5.41) is 15.7. The summed E-state index contributed by atoms with van der Waals surface area (Å²) in [6, 6.07) is 6.23. The molecule has 0 bridgehead atoms. The molecule has 26 heavy (non-hydrogen) atoms. The normalized spacial score (nSPS) is 9.96. The van der Waals surface area contributed by atoms with Gasteiger partial charge in [0.15, 0.2) is 0 Å². The molecule has 1 aromatic rings. The quantitative estimate of drug-likeness (QED) is 0.335. The van der Waals surface area contributed by atoms with Crippen molar-refractivity contribution >= 4 is 12.5 Å². The van der Waals surface area contributed by atoms with Gasteiger partial charge < -0.3 is 19.7 Å². The summed E-state index contributed by atoms with van der Waals surface area (Å²) in [5.74, 6) is 0.882. The van der Waals surface area contributed by atoms with Crippen molar-refractivity contribution in [1.82, 2.24) is 0 Å². The SMILES string of the molecule is CC=Cc1c(CCCCCCCCC)cccc1OCCO.O=[C-]O.[Na+]. The van der Waals surface area contributed by atoms with Crippen molar-refractivity contribution in [3.8, 4) is 5.75 Å². The topological polar surface area (TPSA) is 66.8 Å². The van der Waals surface area contributed by atoms with Crippen LogP contribution in [0.3, 0.4) is 0 Å². The fourth-order valence-electron chi connectivity index (χ4n) is 2.72. The maximum absolute atomic E-state index is 8.94. The number of aliphatic hydroxyl groups excluding tert-OH is 2. The van der Waals surface area contributed by atoms with Gasteiger partial charge in [0.1, 0.15) is 12.4 Å². The van der Waals surface area contributed by atoms with Crippen molar-refractivity contribution in [1.29, 1.82) is 0 Å². The molecule has 0 aliphatic heterocycles. The van der Waals surface area contributed by atoms with Gasteiger partial charge in [-0.1, -0.05) is 76.2 Å². The van der Waals surface area contributed by atoms with E-state index in [0.717, 1.165) is 12.2 Å². The van der Waals surface area contributed by atoms with E-state index in [0.29, 0.717) is 13.1 Å². The van der Waals surface area contributed by atoms with Gasteiger partial charge in [-0.3, -0.25) is 0 Å². The molecule has 0 heterocycles. The van der Waals surface area contributed by atoms with Gasteiger partial charge in [0.25, 0.3) is 0 Å². The molecule has 0 fully saturated rings. The number of benzene rings is 1. The molecule has 2 N–H and O–H groups in total. The zero-order valence-electron chi connectivity index (χ0n) is 16.7. The third-order valence-electron chi connectivity index (χ3n) is 3.89. The summed E-state index contributed by atoms with van der Waals surface area (Å²) < 4.78 is 5.65. The van der Waals surface area contributed by atoms with Crippen molar-refractivity contribution in [2.75, 3.05) is 13.2 Å². The van der Waals surface area contributed by atoms with Crippen LogP contribution in [0, 0.1) is 0 Å². The average molecular weight is 372 g/mol. The molecular formula is C21H33NaO4. The minimum Gasteiger partial charge on any atom is -0.665 e. The number of ether oxygens (including phenoxy) is 1. The third kappa shape index (κ3) is 13.4. The van der Waals surface area contributed by atoms with Crippen LogP contribution in [-0.4, -0.2) is 29.9 Å². The second kappa shape index (κ2) is 20.5. The maximum Gasteiger partial charge on any atom is 1.00 e. The van der Waals surface area contributed by atoms with Crippen LogP contribution in [0.2, 0.25) is 0 Å². The van der Waals surface area contributed by atoms with E-state index >= 15 is 0 Å². The van der Waals surface area contributed by atoms with Crippen LogP contribution >= 0.6 is 0 Å². The van der Waals surface area contributed by atoms with Gasteiger partial charge in [-0.15, -0.1) is 0 Å². The Morgan fingerprint density at radius 2 is 1.73 bits per heavy atom. The fraction of sp³-hybridized carbons (Fsp3) is 0.571. The molecule has 0 radical (unpaired) electrons. The Hall–Kier alpha value is -0.810. The average Bonchev–Trinajstić information content (AvgIpc) is 2.61. The Balaban J connectivity index is 0. The van der Waals surface area contributed by atoms with E-state index in [1.165, 1.54) is 56.1 Å². The van der Waals surface area contributed by atoms with Crippen molar-refractivity contribution in [2.24, 2.45) is 0 Å². The van der Waals surface area contributed by atoms with E-state index in [9.17, 15) is 0 Å². The summed E-state index contributed by atoms with van der Waals surface area (Å²) in [7, 11) is 0. The largest absolute Gasteiger partial charge is 1.00 e. The second-order valence-corrected chi connectivity index (χ2v) is 5.86. The molecule has 0 saturated carbocycles. The first-order valence-corrected chi connectivity index (χ1v) is 9.24. The van der Waals surface area contributed by atoms with Crippen molar-refractivity contribution in [3.63, 3.8) is 0 Å². The number of hydrogen-bond acceptors (Lipinski definition) is 3. The van der Waals surface area contributed by atoms with Gasteiger partial charge >= 0.3 is 29.6 Å². The van der Waals surface area contributed by atoms with Gasteiger partial charge in [0, 0.05) is 5.56 Å². The second-order valence-electron chi connectivity index (χ2n) is 5.86. The minimum atomic E-state index is 0. The molecule has 0 atom stereocenters. The predicted octanol–water partition coefficient (Wildman–Crippen LogP) is 2.00. The molecule has 4 nitrogen and oxygen atoms in total. The first kappa shape index (κ1) is 27.4. The maximum atomic E-state index is 8.94. The number of rotatable bonds is 12. The molecule has 0 aliphatic carbocycles. The fourth-order valence-corrected chi connectivity index (χ4v) is 2.72. The number of aliphatic hydroxyl groups is 1. The first-order chi connectivity index (χ1) is 12.2. The Bertz CT molecular complexity index is 475. The summed E-state index contributed by atoms with van der Waals surface area (Å²) in [4.78, 5) is 8.24. The molecule has 0 aliphatic rings. The molecule has 5 heteroatoms. The van der Waals surface area contributed by atoms with Crippen molar-refractivity contribution in [2.45, 2.75) is 65.2 Å². The molecule has 1 aromatic carbocycles. The number of allylic oxidation sites excluding steroid dienone is 1. The molecule has 0 unspecified atom stereocenters. The van der Waals surface area contributed by atoms with Gasteiger partial charge in [-0.2, -0.15) is 0 Å². The molecular weight excluding hydrogens is 339 g/mol. The Labute approximate surface area is 180 Å². The third-order valence-corrected chi connectivity index (χ3v) is 3.89. The standard InChI is InChI=1S/C20H32O2.CHO2.Na/c1-3-5-6-7-8-9-10-13-18-14-11-15-20(22-17-16-21)19(18)12-4-2;2-1-3;/h4,11-12,14-15,21H,3,5-10,13,16-17H2,1-2H3;(H,2,3);/q;-1;+1. The molecule has 0 amide bonds. The summed E-state index contributed by atoms with van der Waals surface area (Å²) in [6.45, 7) is 5.19. The van der Waals surface area contributed by atoms with Gasteiger partial charge in [0.2, 0.25) is 0 Å². The summed E-state index contributed by atoms with van der Waals surface area (Å²) in [6.07, 6.45) is 14.6. The smallest absolute Gasteiger partial charge is 0.665 e. The van der Waals surface area contributed by atoms with Crippen LogP contribution in [0.1, 0.15) is 69.9 Å². The first-order valence-electron chi connectivity index (χ1n) is 9.24.